The smallest absolute Gasteiger partial charge is 0.248 e. The molecule has 1 atom stereocenters. The van der Waals surface area contributed by atoms with Crippen LogP contribution in [-0.4, -0.2) is 119 Å². The average molecular weight is 525 g/mol. The maximum Gasteiger partial charge on any atom is 0.248 e. The quantitative estimate of drug-likeness (QED) is 0.400. The predicted octanol–water partition coefficient (Wildman–Crippen LogP) is 1.10. The van der Waals surface area contributed by atoms with Gasteiger partial charge in [-0.15, -0.1) is 0 Å². The number of amides is 2. The van der Waals surface area contributed by atoms with Gasteiger partial charge in [-0.3, -0.25) is 14.5 Å². The summed E-state index contributed by atoms with van der Waals surface area (Å²) in [5, 5.41) is 0. The first-order valence-corrected chi connectivity index (χ1v) is 13.9. The molecule has 0 radical (unpaired) electrons. The van der Waals surface area contributed by atoms with Crippen molar-refractivity contribution in [3.05, 3.63) is 23.3 Å². The monoisotopic (exact) mass is 524 g/mol. The van der Waals surface area contributed by atoms with E-state index in [1.165, 1.54) is 11.4 Å². The number of hydrogen-bond acceptors (Lipinski definition) is 7. The van der Waals surface area contributed by atoms with Crippen LogP contribution in [0, 0.1) is 13.8 Å². The minimum absolute atomic E-state index is 0.0345. The van der Waals surface area contributed by atoms with Gasteiger partial charge in [-0.2, -0.15) is 4.31 Å². The summed E-state index contributed by atoms with van der Waals surface area (Å²) in [4.78, 5) is 31.1. The third-order valence-electron chi connectivity index (χ3n) is 7.13. The van der Waals surface area contributed by atoms with Crippen LogP contribution in [0.1, 0.15) is 30.4 Å². The molecule has 2 aliphatic rings. The molecule has 36 heavy (non-hydrogen) atoms. The highest BCUT2D eigenvalue weighted by molar-refractivity contribution is 7.89. The summed E-state index contributed by atoms with van der Waals surface area (Å²) in [6.45, 7) is 7.17. The van der Waals surface area contributed by atoms with Crippen molar-refractivity contribution in [2.24, 2.45) is 0 Å². The Morgan fingerprint density at radius 2 is 1.72 bits per heavy atom. The highest BCUT2D eigenvalue weighted by Gasteiger charge is 2.32. The predicted molar refractivity (Wildman–Crippen MR) is 137 cm³/mol. The Morgan fingerprint density at radius 1 is 1.08 bits per heavy atom. The first-order chi connectivity index (χ1) is 17.0. The van der Waals surface area contributed by atoms with Crippen LogP contribution in [0.3, 0.4) is 0 Å². The Balaban J connectivity index is 1.43. The Bertz CT molecular complexity index is 1020. The highest BCUT2D eigenvalue weighted by atomic mass is 32.2. The molecule has 2 aliphatic heterocycles. The molecule has 0 saturated carbocycles. The molecule has 3 rings (SSSR count). The number of rotatable bonds is 11. The van der Waals surface area contributed by atoms with Crippen molar-refractivity contribution in [1.29, 1.82) is 0 Å². The fourth-order valence-corrected chi connectivity index (χ4v) is 6.44. The van der Waals surface area contributed by atoms with E-state index < -0.39 is 10.0 Å². The third-order valence-corrected chi connectivity index (χ3v) is 9.29. The molecule has 2 saturated heterocycles. The van der Waals surface area contributed by atoms with Gasteiger partial charge in [-0.1, -0.05) is 0 Å². The molecular formula is C25H40N4O6S. The van der Waals surface area contributed by atoms with E-state index in [9.17, 15) is 18.0 Å². The number of carbonyl (C=O) groups excluding carboxylic acids is 2. The molecule has 1 aromatic carbocycles. The lowest BCUT2D eigenvalue weighted by atomic mass is 10.1. The maximum absolute atomic E-state index is 13.1. The summed E-state index contributed by atoms with van der Waals surface area (Å²) in [6.07, 6.45) is 3.04. The summed E-state index contributed by atoms with van der Waals surface area (Å²) in [5.41, 5.74) is 1.22. The van der Waals surface area contributed by atoms with Gasteiger partial charge in [-0.05, 0) is 69.5 Å². The first kappa shape index (κ1) is 28.4. The summed E-state index contributed by atoms with van der Waals surface area (Å²) < 4.78 is 38.2. The molecule has 11 heteroatoms. The Kier molecular flexibility index (Phi) is 9.73. The van der Waals surface area contributed by atoms with Crippen molar-refractivity contribution < 1.29 is 27.5 Å². The van der Waals surface area contributed by atoms with Gasteiger partial charge in [0.25, 0.3) is 0 Å². The molecule has 0 aliphatic carbocycles. The zero-order valence-corrected chi connectivity index (χ0v) is 23.0. The average Bonchev–Trinajstić information content (AvgIpc) is 3.52. The molecule has 1 aromatic rings. The van der Waals surface area contributed by atoms with Crippen LogP contribution in [0.2, 0.25) is 0 Å². The molecule has 202 valence electrons. The lowest BCUT2D eigenvalue weighted by Crippen LogP contribution is -2.43. The largest absolute Gasteiger partial charge is 0.497 e. The first-order valence-electron chi connectivity index (χ1n) is 12.5. The molecule has 1 unspecified atom stereocenters. The van der Waals surface area contributed by atoms with Gasteiger partial charge in [0.05, 0.1) is 31.2 Å². The molecule has 0 aromatic heterocycles. The number of hydrogen-bond donors (Lipinski definition) is 0. The number of carbonyl (C=O) groups is 2. The number of benzene rings is 1. The lowest BCUT2D eigenvalue weighted by molar-refractivity contribution is -0.137. The molecule has 0 bridgehead atoms. The second kappa shape index (κ2) is 12.4. The van der Waals surface area contributed by atoms with E-state index in [1.54, 1.807) is 45.0 Å². The summed E-state index contributed by atoms with van der Waals surface area (Å²) in [6, 6.07) is 3.36. The van der Waals surface area contributed by atoms with Crippen LogP contribution in [0.15, 0.2) is 17.0 Å². The van der Waals surface area contributed by atoms with Crippen molar-refractivity contribution in [1.82, 2.24) is 19.0 Å². The summed E-state index contributed by atoms with van der Waals surface area (Å²) >= 11 is 0. The normalized spacial score (nSPS) is 18.7. The molecule has 2 amide bonds. The molecule has 2 heterocycles. The minimum atomic E-state index is -3.72. The van der Waals surface area contributed by atoms with Gasteiger partial charge in [0.15, 0.2) is 0 Å². The number of sulfonamides is 1. The molecule has 10 nitrogen and oxygen atoms in total. The van der Waals surface area contributed by atoms with Crippen LogP contribution in [0.5, 0.6) is 5.75 Å². The van der Waals surface area contributed by atoms with E-state index in [0.717, 1.165) is 32.4 Å². The van der Waals surface area contributed by atoms with Gasteiger partial charge < -0.3 is 19.3 Å². The zero-order chi connectivity index (χ0) is 26.5. The van der Waals surface area contributed by atoms with E-state index >= 15 is 0 Å². The number of methoxy groups -OCH3 is 1. The SMILES string of the molecule is COc1cc(C)c(S(=O)(=O)N(C)CCOCC(=O)N(C)C2CCN(C(=O)CN3CCCC3)C2)c(C)c1. The fraction of sp³-hybridized carbons (Fsp3) is 0.680. The number of likely N-dealkylation sites (tertiary alicyclic amines) is 2. The van der Waals surface area contributed by atoms with Gasteiger partial charge in [0, 0.05) is 33.7 Å². The van der Waals surface area contributed by atoms with E-state index in [4.69, 9.17) is 9.47 Å². The molecule has 0 N–H and O–H groups in total. The van der Waals surface area contributed by atoms with Crippen LogP contribution in [0.4, 0.5) is 0 Å². The van der Waals surface area contributed by atoms with Gasteiger partial charge >= 0.3 is 0 Å². The van der Waals surface area contributed by atoms with E-state index in [1.807, 2.05) is 4.90 Å². The van der Waals surface area contributed by atoms with Crippen molar-refractivity contribution in [3.63, 3.8) is 0 Å². The standard InChI is InChI=1S/C25H40N4O6S/c1-19-14-22(34-5)15-20(2)25(19)36(32,33)26(3)12-13-35-18-24(31)27(4)21-8-11-29(16-21)23(30)17-28-9-6-7-10-28/h14-15,21H,6-13,16-18H2,1-5H3. The van der Waals surface area contributed by atoms with Gasteiger partial charge in [0.2, 0.25) is 21.8 Å². The fourth-order valence-electron chi connectivity index (χ4n) is 4.89. The zero-order valence-electron chi connectivity index (χ0n) is 22.2. The van der Waals surface area contributed by atoms with Crippen LogP contribution < -0.4 is 4.74 Å². The summed E-state index contributed by atoms with van der Waals surface area (Å²) in [7, 11) is 1.06. The van der Waals surface area contributed by atoms with Crippen molar-refractivity contribution in [2.75, 3.05) is 73.7 Å². The highest BCUT2D eigenvalue weighted by Crippen LogP contribution is 2.27. The Hall–Kier alpha value is -2.21. The molecule has 0 spiro atoms. The lowest BCUT2D eigenvalue weighted by Gasteiger charge is -2.26. The number of likely N-dealkylation sites (N-methyl/N-ethyl adjacent to an activating group) is 2. The number of aryl methyl sites for hydroxylation is 2. The number of nitrogens with zero attached hydrogens (tertiary/aromatic N) is 4. The van der Waals surface area contributed by atoms with E-state index in [0.29, 0.717) is 36.5 Å². The molecular weight excluding hydrogens is 484 g/mol. The van der Waals surface area contributed by atoms with Crippen LogP contribution >= 0.6 is 0 Å². The van der Waals surface area contributed by atoms with Gasteiger partial charge in [-0.25, -0.2) is 8.42 Å². The third kappa shape index (κ3) is 6.76. The topological polar surface area (TPSA) is 99.7 Å². The van der Waals surface area contributed by atoms with Crippen LogP contribution in [-0.2, 0) is 24.3 Å². The Labute approximate surface area is 215 Å². The number of ether oxygens (including phenoxy) is 2. The second-order valence-electron chi connectivity index (χ2n) is 9.74. The van der Waals surface area contributed by atoms with E-state index in [-0.39, 0.29) is 42.5 Å². The maximum atomic E-state index is 13.1. The minimum Gasteiger partial charge on any atom is -0.497 e. The van der Waals surface area contributed by atoms with Crippen molar-refractivity contribution >= 4 is 21.8 Å². The summed E-state index contributed by atoms with van der Waals surface area (Å²) in [5.74, 6) is 0.559. The molecule has 2 fully saturated rings. The van der Waals surface area contributed by atoms with Crippen molar-refractivity contribution in [2.45, 2.75) is 44.0 Å². The second-order valence-corrected chi connectivity index (χ2v) is 11.7. The van der Waals surface area contributed by atoms with Gasteiger partial charge in [0.1, 0.15) is 12.4 Å². The van der Waals surface area contributed by atoms with E-state index in [2.05, 4.69) is 4.90 Å². The van der Waals surface area contributed by atoms with Crippen LogP contribution in [0.25, 0.3) is 0 Å². The Morgan fingerprint density at radius 3 is 2.33 bits per heavy atom. The van der Waals surface area contributed by atoms with Crippen molar-refractivity contribution in [3.8, 4) is 5.75 Å².